The highest BCUT2D eigenvalue weighted by molar-refractivity contribution is 6.00. The fourth-order valence-corrected chi connectivity index (χ4v) is 11.3. The summed E-state index contributed by atoms with van der Waals surface area (Å²) in [6.45, 7) is 29.0. The van der Waals surface area contributed by atoms with Crippen molar-refractivity contribution in [2.45, 2.75) is 235 Å². The van der Waals surface area contributed by atoms with Gasteiger partial charge in [-0.25, -0.2) is 0 Å². The number of hydrogen-bond donors (Lipinski definition) is 5. The lowest BCUT2D eigenvalue weighted by Gasteiger charge is -2.41. The molecule has 11 amide bonds. The number of rotatable bonds is 20. The van der Waals surface area contributed by atoms with Gasteiger partial charge in [-0.2, -0.15) is 0 Å². The highest BCUT2D eigenvalue weighted by atomic mass is 16.5. The first-order valence-electron chi connectivity index (χ1n) is 32.6. The molecule has 0 unspecified atom stereocenters. The molecular weight excluding hydrogens is 1170 g/mol. The molecular formula is C66H117N11O14. The van der Waals surface area contributed by atoms with E-state index in [1.165, 1.54) is 82.8 Å². The van der Waals surface area contributed by atoms with Gasteiger partial charge in [-0.3, -0.25) is 52.7 Å². The largest absolute Gasteiger partial charge is 0.390 e. The van der Waals surface area contributed by atoms with Crippen LogP contribution in [0.2, 0.25) is 0 Å². The van der Waals surface area contributed by atoms with Crippen LogP contribution in [0.15, 0.2) is 12.2 Å². The molecule has 0 aromatic heterocycles. The number of nitrogens with one attached hydrogen (secondary N) is 4. The molecule has 0 bridgehead atoms. The molecule has 0 aromatic rings. The number of aliphatic hydroxyl groups excluding tert-OH is 1. The van der Waals surface area contributed by atoms with Crippen molar-refractivity contribution in [3.63, 3.8) is 0 Å². The van der Waals surface area contributed by atoms with E-state index in [0.717, 1.165) is 14.7 Å². The number of ether oxygens (including phenoxy) is 1. The van der Waals surface area contributed by atoms with E-state index in [2.05, 4.69) is 21.3 Å². The van der Waals surface area contributed by atoms with Gasteiger partial charge in [0, 0.05) is 55.8 Å². The summed E-state index contributed by atoms with van der Waals surface area (Å²) in [5, 5.41) is 23.2. The van der Waals surface area contributed by atoms with Gasteiger partial charge in [0.05, 0.1) is 19.3 Å². The number of amides is 11. The van der Waals surface area contributed by atoms with E-state index < -0.39 is 162 Å². The van der Waals surface area contributed by atoms with Crippen LogP contribution in [0.3, 0.4) is 0 Å². The first-order chi connectivity index (χ1) is 42.2. The number of nitrogens with zero attached hydrogens (tertiary/aromatic N) is 7. The minimum absolute atomic E-state index is 0.0506. The summed E-state index contributed by atoms with van der Waals surface area (Å²) in [6, 6.07) is -14.4. The van der Waals surface area contributed by atoms with Gasteiger partial charge in [-0.1, -0.05) is 109 Å². The van der Waals surface area contributed by atoms with Crippen molar-refractivity contribution in [3.8, 4) is 0 Å². The Balaban J connectivity index is 4.52. The Hall–Kier alpha value is -6.50. The fourth-order valence-electron chi connectivity index (χ4n) is 11.3. The van der Waals surface area contributed by atoms with Crippen molar-refractivity contribution >= 4 is 71.3 Å². The van der Waals surface area contributed by atoms with E-state index in [1.807, 2.05) is 55.4 Å². The second-order valence-corrected chi connectivity index (χ2v) is 27.3. The van der Waals surface area contributed by atoms with Crippen LogP contribution in [-0.4, -0.2) is 246 Å². The van der Waals surface area contributed by atoms with Crippen molar-refractivity contribution in [3.05, 3.63) is 12.2 Å². The molecule has 0 aromatic carbocycles. The summed E-state index contributed by atoms with van der Waals surface area (Å²) in [7, 11) is 9.75. The SMILES string of the molecule is CC=CC[C@@H](C)[C@@H](O)[C@H]1C(=O)N[C@@H](CC)C(=O)N(C)[C@H](COCCC=O)C(=O)N(C)[C@@H](CC(C)C)C(=O)N[C@@H](C(C)C)C(=O)N(C)[C@@H](CC(C)C)C(=O)N[C@@H](C)C(=O)N[C@H](C)C(=O)N(C)[C@@H](CC(C)C)C(=O)N(C)[C@@H](CC(C)C)C(=O)N(C)[C@@H](C(C)C)C(=O)N1C. The molecule has 1 heterocycles. The van der Waals surface area contributed by atoms with E-state index in [0.29, 0.717) is 6.29 Å². The van der Waals surface area contributed by atoms with Gasteiger partial charge < -0.3 is 70.2 Å². The van der Waals surface area contributed by atoms with Crippen LogP contribution in [0.1, 0.15) is 163 Å². The number of allylic oxidation sites excluding steroid dienone is 2. The van der Waals surface area contributed by atoms with E-state index in [9.17, 15) is 38.7 Å². The second kappa shape index (κ2) is 38.5. The number of likely N-dealkylation sites (N-methyl/N-ethyl adjacent to an activating group) is 7. The van der Waals surface area contributed by atoms with Crippen LogP contribution < -0.4 is 21.3 Å². The lowest BCUT2D eigenvalue weighted by molar-refractivity contribution is -0.157. The molecule has 1 rings (SSSR count). The van der Waals surface area contributed by atoms with E-state index in [-0.39, 0.29) is 75.2 Å². The van der Waals surface area contributed by atoms with Crippen molar-refractivity contribution in [1.82, 2.24) is 55.6 Å². The predicted octanol–water partition coefficient (Wildman–Crippen LogP) is 3.24. The predicted molar refractivity (Wildman–Crippen MR) is 349 cm³/mol. The fraction of sp³-hybridized carbons (Fsp3) is 0.788. The maximum absolute atomic E-state index is 15.3. The average Bonchev–Trinajstić information content (AvgIpc) is 2.51. The summed E-state index contributed by atoms with van der Waals surface area (Å²) in [5.41, 5.74) is 0. The molecule has 1 aliphatic rings. The molecule has 0 spiro atoms. The Bertz CT molecular complexity index is 2490. The zero-order chi connectivity index (χ0) is 70.4. The van der Waals surface area contributed by atoms with Gasteiger partial charge in [-0.15, -0.1) is 0 Å². The Kier molecular flexibility index (Phi) is 34.9. The highest BCUT2D eigenvalue weighted by Crippen LogP contribution is 2.26. The molecule has 1 saturated heterocycles. The third-order valence-electron chi connectivity index (χ3n) is 17.0. The smallest absolute Gasteiger partial charge is 0.248 e. The molecule has 1 aliphatic heterocycles. The number of aldehydes is 1. The Labute approximate surface area is 543 Å². The van der Waals surface area contributed by atoms with Gasteiger partial charge in [0.15, 0.2) is 0 Å². The van der Waals surface area contributed by atoms with Crippen LogP contribution in [0.4, 0.5) is 0 Å². The van der Waals surface area contributed by atoms with Gasteiger partial charge >= 0.3 is 0 Å². The number of carbonyl (C=O) groups excluding carboxylic acids is 12. The van der Waals surface area contributed by atoms with Gasteiger partial charge in [0.1, 0.15) is 72.7 Å². The maximum Gasteiger partial charge on any atom is 0.248 e. The molecule has 91 heavy (non-hydrogen) atoms. The first-order valence-corrected chi connectivity index (χ1v) is 32.6. The molecule has 1 fully saturated rings. The third kappa shape index (κ3) is 23.5. The molecule has 25 heteroatoms. The Morgan fingerprint density at radius 1 is 0.462 bits per heavy atom. The standard InChI is InChI=1S/C66H117N11O14/c1-25-27-29-43(15)55(79)54-59(83)69-46(26-2)61(85)75(22)51(36-91-31-28-30-78)64(88)71(18)48(33-38(5)6)58(82)70-52(41(11)12)65(89)72(19)47(32-37(3)4)57(81)67-44(16)56(80)68-45(17)60(84)73(20)49(34-39(7)8)62(86)74(21)50(35-40(9)10)63(87)76(23)53(42(13)14)66(90)77(54)24/h25,27,30,37-55,79H,26,28-29,31-36H2,1-24H3,(H,67,81)(H,68,80)(H,69,83)(H,70,82)/t43-,44+,45-,46+,47+,48+,49+,50+,51-,52+,53+,54+,55-/m1/s1. The lowest BCUT2D eigenvalue weighted by Crippen LogP contribution is -2.64. The second-order valence-electron chi connectivity index (χ2n) is 27.3. The molecule has 13 atom stereocenters. The minimum atomic E-state index is -1.68. The van der Waals surface area contributed by atoms with E-state index in [4.69, 9.17) is 4.74 Å². The van der Waals surface area contributed by atoms with Gasteiger partial charge in [0.2, 0.25) is 65.0 Å². The van der Waals surface area contributed by atoms with Crippen molar-refractivity contribution in [2.75, 3.05) is 62.5 Å². The van der Waals surface area contributed by atoms with Crippen molar-refractivity contribution in [1.29, 1.82) is 0 Å². The Morgan fingerprint density at radius 2 is 0.868 bits per heavy atom. The topological polar surface area (TPSA) is 305 Å². The van der Waals surface area contributed by atoms with Crippen molar-refractivity contribution < 1.29 is 67.4 Å². The lowest BCUT2D eigenvalue weighted by atomic mass is 9.91. The quantitative estimate of drug-likeness (QED) is 0.0665. The van der Waals surface area contributed by atoms with Crippen LogP contribution in [0, 0.1) is 41.4 Å². The summed E-state index contributed by atoms with van der Waals surface area (Å²) in [6.07, 6.45) is 3.25. The minimum Gasteiger partial charge on any atom is -0.390 e. The highest BCUT2D eigenvalue weighted by Gasteiger charge is 2.46. The van der Waals surface area contributed by atoms with E-state index in [1.54, 1.807) is 60.6 Å². The maximum atomic E-state index is 15.3. The van der Waals surface area contributed by atoms with Crippen LogP contribution in [0.25, 0.3) is 0 Å². The molecule has 520 valence electrons. The van der Waals surface area contributed by atoms with Gasteiger partial charge in [0.25, 0.3) is 0 Å². The monoisotopic (exact) mass is 1290 g/mol. The molecule has 0 saturated carbocycles. The zero-order valence-electron chi connectivity index (χ0n) is 59.5. The molecule has 5 N–H and O–H groups in total. The molecule has 0 radical (unpaired) electrons. The zero-order valence-corrected chi connectivity index (χ0v) is 59.5. The van der Waals surface area contributed by atoms with Crippen LogP contribution in [0.5, 0.6) is 0 Å². The summed E-state index contributed by atoms with van der Waals surface area (Å²) in [5.74, 6) is -10.5. The number of carbonyl (C=O) groups is 12. The summed E-state index contributed by atoms with van der Waals surface area (Å²) < 4.78 is 5.82. The van der Waals surface area contributed by atoms with Gasteiger partial charge in [-0.05, 0) is 101 Å². The van der Waals surface area contributed by atoms with Crippen LogP contribution in [-0.2, 0) is 62.3 Å². The third-order valence-corrected chi connectivity index (χ3v) is 17.0. The Morgan fingerprint density at radius 3 is 1.32 bits per heavy atom. The normalized spacial score (nSPS) is 26.7. The van der Waals surface area contributed by atoms with Crippen molar-refractivity contribution in [2.24, 2.45) is 41.4 Å². The molecule has 0 aliphatic carbocycles. The van der Waals surface area contributed by atoms with E-state index >= 15 is 24.0 Å². The number of hydrogen-bond acceptors (Lipinski definition) is 14. The molecule has 25 nitrogen and oxygen atoms in total. The average molecular weight is 1290 g/mol. The summed E-state index contributed by atoms with van der Waals surface area (Å²) in [4.78, 5) is 183. The summed E-state index contributed by atoms with van der Waals surface area (Å²) >= 11 is 0. The first kappa shape index (κ1) is 82.5. The number of aliphatic hydroxyl groups is 1. The van der Waals surface area contributed by atoms with Crippen LogP contribution >= 0.6 is 0 Å².